The zero-order valence-corrected chi connectivity index (χ0v) is 30.4. The van der Waals surface area contributed by atoms with Gasteiger partial charge in [-0.15, -0.1) is 0 Å². The van der Waals surface area contributed by atoms with Crippen molar-refractivity contribution in [1.82, 2.24) is 20.1 Å². The Labute approximate surface area is 304 Å². The number of fused-ring (bicyclic) bond motifs is 1. The van der Waals surface area contributed by atoms with Crippen molar-refractivity contribution in [2.75, 3.05) is 26.3 Å². The molecule has 0 radical (unpaired) electrons. The number of Topliss-reactive ketones (excluding diaryl/α,β-unsaturated/α-hetero) is 1. The average molecular weight is 715 g/mol. The second-order valence-corrected chi connectivity index (χ2v) is 15.5. The van der Waals surface area contributed by atoms with Gasteiger partial charge in [-0.2, -0.15) is 23.4 Å². The maximum absolute atomic E-state index is 14.9. The van der Waals surface area contributed by atoms with Crippen LogP contribution in [0.25, 0.3) is 22.2 Å². The van der Waals surface area contributed by atoms with Crippen molar-refractivity contribution in [3.8, 4) is 22.8 Å². The molecule has 1 aliphatic carbocycles. The molecule has 2 aromatic heterocycles. The molecule has 0 N–H and O–H groups in total. The number of hydrogen-bond donors (Lipinski definition) is 0. The number of pyridine rings is 1. The molecular weight excluding hydrogens is 665 g/mol. The minimum atomic E-state index is -4.57. The van der Waals surface area contributed by atoms with Gasteiger partial charge in [0.1, 0.15) is 17.3 Å². The lowest BCUT2D eigenvalue weighted by Crippen LogP contribution is -2.43. The van der Waals surface area contributed by atoms with Crippen LogP contribution >= 0.6 is 0 Å². The van der Waals surface area contributed by atoms with Gasteiger partial charge in [-0.25, -0.2) is 0 Å². The normalized spacial score (nSPS) is 21.5. The fraction of sp³-hybridized carbons (Fsp3) is 0.524. The second-order valence-electron chi connectivity index (χ2n) is 15.5. The molecule has 0 bridgehead atoms. The Bertz CT molecular complexity index is 1850. The summed E-state index contributed by atoms with van der Waals surface area (Å²) in [5, 5.41) is 8.78. The summed E-state index contributed by atoms with van der Waals surface area (Å²) in [4.78, 5) is 20.7. The van der Waals surface area contributed by atoms with Gasteiger partial charge in [0.15, 0.2) is 0 Å². The summed E-state index contributed by atoms with van der Waals surface area (Å²) in [7, 11) is 0. The van der Waals surface area contributed by atoms with Gasteiger partial charge in [-0.05, 0) is 118 Å². The largest absolute Gasteiger partial charge is 0.457 e. The summed E-state index contributed by atoms with van der Waals surface area (Å²) in [6.45, 7) is 9.42. The fourth-order valence-electron chi connectivity index (χ4n) is 8.22. The SMILES string of the molecule is CC1CCCC(Cc2cc3c(C(F)(F)F)cc(C4CCN(C5CCOCC5)CC4)nc3cc2Oc2ccc(-c3ccc(C(C)C)nn3)cc2)C(=O)C1. The van der Waals surface area contributed by atoms with Crippen molar-refractivity contribution in [3.63, 3.8) is 0 Å². The van der Waals surface area contributed by atoms with Crippen LogP contribution in [-0.2, 0) is 22.1 Å². The van der Waals surface area contributed by atoms with E-state index in [-0.39, 0.29) is 34.4 Å². The van der Waals surface area contributed by atoms with Gasteiger partial charge >= 0.3 is 6.18 Å². The molecule has 3 fully saturated rings. The Morgan fingerprint density at radius 2 is 1.67 bits per heavy atom. The van der Waals surface area contributed by atoms with Crippen LogP contribution in [-0.4, -0.2) is 58.2 Å². The number of ketones is 1. The van der Waals surface area contributed by atoms with Crippen LogP contribution in [0.1, 0.15) is 106 Å². The van der Waals surface area contributed by atoms with Crippen LogP contribution in [0.15, 0.2) is 54.6 Å². The first-order chi connectivity index (χ1) is 25.0. The Balaban J connectivity index is 1.22. The molecule has 2 aliphatic heterocycles. The van der Waals surface area contributed by atoms with Gasteiger partial charge in [0.25, 0.3) is 0 Å². The third kappa shape index (κ3) is 8.33. The molecule has 1 saturated carbocycles. The van der Waals surface area contributed by atoms with Crippen molar-refractivity contribution in [2.45, 2.75) is 103 Å². The molecule has 7 rings (SSSR count). The van der Waals surface area contributed by atoms with Crippen LogP contribution in [0.4, 0.5) is 13.2 Å². The van der Waals surface area contributed by atoms with E-state index in [1.165, 1.54) is 6.07 Å². The zero-order chi connectivity index (χ0) is 36.4. The minimum Gasteiger partial charge on any atom is -0.457 e. The number of alkyl halides is 3. The summed E-state index contributed by atoms with van der Waals surface area (Å²) in [6.07, 6.45) is 2.34. The van der Waals surface area contributed by atoms with Gasteiger partial charge in [0.2, 0.25) is 0 Å². The number of hydrogen-bond acceptors (Lipinski definition) is 7. The fourth-order valence-corrected chi connectivity index (χ4v) is 8.22. The first kappa shape index (κ1) is 36.5. The van der Waals surface area contributed by atoms with Crippen molar-refractivity contribution in [3.05, 3.63) is 77.1 Å². The third-order valence-corrected chi connectivity index (χ3v) is 11.3. The van der Waals surface area contributed by atoms with E-state index in [0.29, 0.717) is 54.0 Å². The summed E-state index contributed by atoms with van der Waals surface area (Å²) in [6, 6.07) is 16.4. The minimum absolute atomic E-state index is 0.0476. The standard InChI is InChI=1S/C42H49F3N4O3/c1-26(2)36-11-12-37(48-47-36)28-7-9-33(10-8-28)52-41-25-39-34(23-31(41)22-30-6-4-5-27(3)21-40(30)50)35(42(43,44)45)24-38(46-39)29-13-17-49(18-14-29)32-15-19-51-20-16-32/h7-12,23-27,29-30,32H,4-6,13-22H2,1-3H3. The number of nitrogens with zero attached hydrogens (tertiary/aromatic N) is 4. The number of ether oxygens (including phenoxy) is 2. The van der Waals surface area contributed by atoms with Gasteiger partial charge in [-0.3, -0.25) is 9.78 Å². The summed E-state index contributed by atoms with van der Waals surface area (Å²) < 4.78 is 56.6. The summed E-state index contributed by atoms with van der Waals surface area (Å²) in [5.74, 6) is 1.36. The van der Waals surface area contributed by atoms with E-state index in [0.717, 1.165) is 81.8 Å². The highest BCUT2D eigenvalue weighted by molar-refractivity contribution is 5.87. The lowest BCUT2D eigenvalue weighted by molar-refractivity contribution is -0.136. The van der Waals surface area contributed by atoms with E-state index in [9.17, 15) is 18.0 Å². The number of halogens is 3. The average Bonchev–Trinajstić information content (AvgIpc) is 3.30. The molecule has 2 saturated heterocycles. The van der Waals surface area contributed by atoms with Crippen LogP contribution < -0.4 is 4.74 Å². The summed E-state index contributed by atoms with van der Waals surface area (Å²) in [5.41, 5.74) is 3.17. The number of rotatable bonds is 8. The Hall–Kier alpha value is -3.89. The van der Waals surface area contributed by atoms with E-state index >= 15 is 0 Å². The van der Waals surface area contributed by atoms with Crippen LogP contribution in [0, 0.1) is 11.8 Å². The summed E-state index contributed by atoms with van der Waals surface area (Å²) >= 11 is 0. The Morgan fingerprint density at radius 3 is 2.35 bits per heavy atom. The Kier molecular flexibility index (Phi) is 10.9. The number of piperidine rings is 1. The van der Waals surface area contributed by atoms with E-state index in [1.54, 1.807) is 12.1 Å². The molecule has 276 valence electrons. The molecule has 10 heteroatoms. The number of carbonyl (C=O) groups is 1. The van der Waals surface area contributed by atoms with Gasteiger partial charge in [0.05, 0.1) is 22.5 Å². The molecule has 7 nitrogen and oxygen atoms in total. The zero-order valence-electron chi connectivity index (χ0n) is 30.4. The van der Waals surface area contributed by atoms with E-state index in [1.807, 2.05) is 36.4 Å². The first-order valence-electron chi connectivity index (χ1n) is 19.0. The first-order valence-corrected chi connectivity index (χ1v) is 19.0. The molecule has 4 heterocycles. The third-order valence-electron chi connectivity index (χ3n) is 11.3. The maximum Gasteiger partial charge on any atom is 0.417 e. The van der Waals surface area contributed by atoms with E-state index < -0.39 is 11.7 Å². The molecule has 2 atom stereocenters. The predicted molar refractivity (Wildman–Crippen MR) is 196 cm³/mol. The predicted octanol–water partition coefficient (Wildman–Crippen LogP) is 9.92. The number of aromatic nitrogens is 3. The van der Waals surface area contributed by atoms with Gasteiger partial charge < -0.3 is 14.4 Å². The quantitative estimate of drug-likeness (QED) is 0.168. The number of carbonyl (C=O) groups excluding carboxylic acids is 1. The highest BCUT2D eigenvalue weighted by Gasteiger charge is 2.36. The van der Waals surface area contributed by atoms with Crippen molar-refractivity contribution < 1.29 is 27.4 Å². The van der Waals surface area contributed by atoms with E-state index in [2.05, 4.69) is 35.9 Å². The smallest absolute Gasteiger partial charge is 0.417 e. The lowest BCUT2D eigenvalue weighted by atomic mass is 9.88. The molecule has 0 amide bonds. The topological polar surface area (TPSA) is 77.4 Å². The van der Waals surface area contributed by atoms with Crippen molar-refractivity contribution >= 4 is 16.7 Å². The van der Waals surface area contributed by atoms with Crippen molar-refractivity contribution in [2.24, 2.45) is 11.8 Å². The number of likely N-dealkylation sites (tertiary alicyclic amines) is 1. The Morgan fingerprint density at radius 1 is 0.923 bits per heavy atom. The molecular formula is C42H49F3N4O3. The maximum atomic E-state index is 14.9. The molecule has 2 unspecified atom stereocenters. The van der Waals surface area contributed by atoms with Gasteiger partial charge in [0, 0.05) is 60.2 Å². The van der Waals surface area contributed by atoms with Crippen molar-refractivity contribution in [1.29, 1.82) is 0 Å². The monoisotopic (exact) mass is 714 g/mol. The van der Waals surface area contributed by atoms with E-state index in [4.69, 9.17) is 14.5 Å². The molecule has 2 aromatic carbocycles. The molecule has 52 heavy (non-hydrogen) atoms. The highest BCUT2D eigenvalue weighted by atomic mass is 19.4. The molecule has 0 spiro atoms. The van der Waals surface area contributed by atoms with Crippen LogP contribution in [0.2, 0.25) is 0 Å². The number of benzene rings is 2. The van der Waals surface area contributed by atoms with Crippen LogP contribution in [0.3, 0.4) is 0 Å². The van der Waals surface area contributed by atoms with Crippen LogP contribution in [0.5, 0.6) is 11.5 Å². The molecule has 3 aliphatic rings. The highest BCUT2D eigenvalue weighted by Crippen LogP contribution is 2.42. The van der Waals surface area contributed by atoms with Gasteiger partial charge in [-0.1, -0.05) is 33.6 Å². The molecule has 4 aromatic rings. The second kappa shape index (κ2) is 15.6. The lowest BCUT2D eigenvalue weighted by Gasteiger charge is -2.39.